The van der Waals surface area contributed by atoms with E-state index >= 15 is 0 Å². The van der Waals surface area contributed by atoms with Crippen LogP contribution in [0.25, 0.3) is 0 Å². The Morgan fingerprint density at radius 3 is 2.35 bits per heavy atom. The van der Waals surface area contributed by atoms with E-state index in [1.807, 2.05) is 13.8 Å². The van der Waals surface area contributed by atoms with Crippen molar-refractivity contribution in [2.45, 2.75) is 45.8 Å². The molecule has 17 heavy (non-hydrogen) atoms. The van der Waals surface area contributed by atoms with E-state index in [0.717, 1.165) is 25.9 Å². The lowest BCUT2D eigenvalue weighted by molar-refractivity contribution is -0.292. The second-order valence-electron chi connectivity index (χ2n) is 5.35. The van der Waals surface area contributed by atoms with Gasteiger partial charge in [0.15, 0.2) is 5.79 Å². The van der Waals surface area contributed by atoms with Crippen LogP contribution in [0.2, 0.25) is 0 Å². The van der Waals surface area contributed by atoms with Crippen LogP contribution in [-0.2, 0) is 14.2 Å². The second-order valence-corrected chi connectivity index (χ2v) is 5.35. The number of aliphatic hydroxyl groups excluding tert-OH is 1. The standard InChI is InChI=1S/C13H26O4/c1-4-5-7-15-8-6-13(9-14)10-16-12(2,3)17-11-13/h14H,4-11H2,1-3H3. The van der Waals surface area contributed by atoms with E-state index in [-0.39, 0.29) is 12.0 Å². The van der Waals surface area contributed by atoms with Crippen molar-refractivity contribution in [1.82, 2.24) is 0 Å². The maximum atomic E-state index is 9.50. The van der Waals surface area contributed by atoms with Crippen LogP contribution < -0.4 is 0 Å². The van der Waals surface area contributed by atoms with Gasteiger partial charge in [-0.25, -0.2) is 0 Å². The Labute approximate surface area is 104 Å². The maximum absolute atomic E-state index is 9.50. The molecule has 102 valence electrons. The summed E-state index contributed by atoms with van der Waals surface area (Å²) in [6.45, 7) is 8.54. The first kappa shape index (κ1) is 14.9. The first-order chi connectivity index (χ1) is 8.04. The van der Waals surface area contributed by atoms with Crippen molar-refractivity contribution in [3.8, 4) is 0 Å². The summed E-state index contributed by atoms with van der Waals surface area (Å²) in [5.41, 5.74) is -0.290. The van der Waals surface area contributed by atoms with Crippen molar-refractivity contribution in [1.29, 1.82) is 0 Å². The fourth-order valence-electron chi connectivity index (χ4n) is 1.69. The zero-order chi connectivity index (χ0) is 12.8. The number of rotatable bonds is 7. The summed E-state index contributed by atoms with van der Waals surface area (Å²) in [6.07, 6.45) is 3.01. The van der Waals surface area contributed by atoms with Crippen molar-refractivity contribution in [2.24, 2.45) is 5.41 Å². The van der Waals surface area contributed by atoms with Gasteiger partial charge in [-0.2, -0.15) is 0 Å². The molecule has 0 aromatic heterocycles. The predicted octanol–water partition coefficient (Wildman–Crippen LogP) is 1.95. The molecule has 1 N–H and O–H groups in total. The third-order valence-corrected chi connectivity index (χ3v) is 3.21. The molecular weight excluding hydrogens is 220 g/mol. The molecule has 1 heterocycles. The predicted molar refractivity (Wildman–Crippen MR) is 65.8 cm³/mol. The molecule has 0 aromatic rings. The third-order valence-electron chi connectivity index (χ3n) is 3.21. The van der Waals surface area contributed by atoms with Crippen molar-refractivity contribution in [3.63, 3.8) is 0 Å². The van der Waals surface area contributed by atoms with Gasteiger partial charge in [-0.15, -0.1) is 0 Å². The van der Waals surface area contributed by atoms with Gasteiger partial charge in [0.05, 0.1) is 19.8 Å². The summed E-state index contributed by atoms with van der Waals surface area (Å²) in [5, 5.41) is 9.50. The summed E-state index contributed by atoms with van der Waals surface area (Å²) >= 11 is 0. The van der Waals surface area contributed by atoms with E-state index in [0.29, 0.717) is 19.8 Å². The van der Waals surface area contributed by atoms with Crippen LogP contribution in [0.4, 0.5) is 0 Å². The number of ether oxygens (including phenoxy) is 3. The molecule has 0 atom stereocenters. The minimum Gasteiger partial charge on any atom is -0.396 e. The lowest BCUT2D eigenvalue weighted by Crippen LogP contribution is -2.48. The van der Waals surface area contributed by atoms with Gasteiger partial charge in [-0.1, -0.05) is 13.3 Å². The van der Waals surface area contributed by atoms with Gasteiger partial charge in [0.2, 0.25) is 0 Å². The molecule has 1 rings (SSSR count). The van der Waals surface area contributed by atoms with Gasteiger partial charge in [-0.05, 0) is 26.7 Å². The highest BCUT2D eigenvalue weighted by Crippen LogP contribution is 2.32. The van der Waals surface area contributed by atoms with Crippen LogP contribution in [0.1, 0.15) is 40.0 Å². The molecule has 1 fully saturated rings. The zero-order valence-electron chi connectivity index (χ0n) is 11.3. The number of unbranched alkanes of at least 4 members (excludes halogenated alkanes) is 1. The minimum atomic E-state index is -0.526. The second kappa shape index (κ2) is 6.69. The smallest absolute Gasteiger partial charge is 0.162 e. The van der Waals surface area contributed by atoms with Gasteiger partial charge in [0.25, 0.3) is 0 Å². The Kier molecular flexibility index (Phi) is 5.86. The van der Waals surface area contributed by atoms with E-state index < -0.39 is 5.79 Å². The molecule has 0 bridgehead atoms. The van der Waals surface area contributed by atoms with E-state index in [4.69, 9.17) is 14.2 Å². The highest BCUT2D eigenvalue weighted by Gasteiger charge is 2.39. The highest BCUT2D eigenvalue weighted by atomic mass is 16.7. The van der Waals surface area contributed by atoms with Gasteiger partial charge in [0.1, 0.15) is 0 Å². The highest BCUT2D eigenvalue weighted by molar-refractivity contribution is 4.83. The Morgan fingerprint density at radius 2 is 1.82 bits per heavy atom. The maximum Gasteiger partial charge on any atom is 0.162 e. The van der Waals surface area contributed by atoms with Crippen LogP contribution in [0.5, 0.6) is 0 Å². The monoisotopic (exact) mass is 246 g/mol. The van der Waals surface area contributed by atoms with Gasteiger partial charge in [0, 0.05) is 18.6 Å². The van der Waals surface area contributed by atoms with Crippen LogP contribution in [0, 0.1) is 5.41 Å². The SMILES string of the molecule is CCCCOCCC1(CO)COC(C)(C)OC1. The van der Waals surface area contributed by atoms with E-state index in [9.17, 15) is 5.11 Å². The largest absolute Gasteiger partial charge is 0.396 e. The number of hydrogen-bond donors (Lipinski definition) is 1. The molecule has 0 saturated carbocycles. The molecule has 0 aliphatic carbocycles. The molecule has 0 aromatic carbocycles. The van der Waals surface area contributed by atoms with Crippen molar-refractivity contribution < 1.29 is 19.3 Å². The van der Waals surface area contributed by atoms with Gasteiger partial charge < -0.3 is 19.3 Å². The zero-order valence-corrected chi connectivity index (χ0v) is 11.3. The number of hydrogen-bond acceptors (Lipinski definition) is 4. The van der Waals surface area contributed by atoms with Gasteiger partial charge in [-0.3, -0.25) is 0 Å². The average Bonchev–Trinajstić information content (AvgIpc) is 2.32. The first-order valence-electron chi connectivity index (χ1n) is 6.50. The molecule has 0 amide bonds. The van der Waals surface area contributed by atoms with Crippen molar-refractivity contribution >= 4 is 0 Å². The van der Waals surface area contributed by atoms with Gasteiger partial charge >= 0.3 is 0 Å². The first-order valence-corrected chi connectivity index (χ1v) is 6.50. The summed E-state index contributed by atoms with van der Waals surface area (Å²) in [7, 11) is 0. The topological polar surface area (TPSA) is 47.9 Å². The fraction of sp³-hybridized carbons (Fsp3) is 1.00. The van der Waals surface area contributed by atoms with Crippen LogP contribution in [0.3, 0.4) is 0 Å². The quantitative estimate of drug-likeness (QED) is 0.698. The Hall–Kier alpha value is -0.160. The minimum absolute atomic E-state index is 0.0835. The summed E-state index contributed by atoms with van der Waals surface area (Å²) in [4.78, 5) is 0. The Morgan fingerprint density at radius 1 is 1.18 bits per heavy atom. The lowest BCUT2D eigenvalue weighted by Gasteiger charge is -2.42. The molecule has 1 saturated heterocycles. The molecule has 0 unspecified atom stereocenters. The molecular formula is C13H26O4. The molecule has 4 heteroatoms. The van der Waals surface area contributed by atoms with E-state index in [2.05, 4.69) is 6.92 Å². The number of aliphatic hydroxyl groups is 1. The molecule has 0 spiro atoms. The molecule has 1 aliphatic rings. The fourth-order valence-corrected chi connectivity index (χ4v) is 1.69. The Bertz CT molecular complexity index is 205. The van der Waals surface area contributed by atoms with E-state index in [1.54, 1.807) is 0 Å². The van der Waals surface area contributed by atoms with E-state index in [1.165, 1.54) is 0 Å². The van der Waals surface area contributed by atoms with Crippen molar-refractivity contribution in [2.75, 3.05) is 33.0 Å². The van der Waals surface area contributed by atoms with Crippen LogP contribution >= 0.6 is 0 Å². The summed E-state index contributed by atoms with van der Waals surface area (Å²) in [5.74, 6) is -0.526. The average molecular weight is 246 g/mol. The Balaban J connectivity index is 2.27. The van der Waals surface area contributed by atoms with Crippen LogP contribution in [0.15, 0.2) is 0 Å². The molecule has 4 nitrogen and oxygen atoms in total. The molecule has 0 radical (unpaired) electrons. The lowest BCUT2D eigenvalue weighted by atomic mass is 9.86. The summed E-state index contributed by atoms with van der Waals surface area (Å²) in [6, 6.07) is 0. The molecule has 1 aliphatic heterocycles. The third kappa shape index (κ3) is 4.92. The van der Waals surface area contributed by atoms with Crippen LogP contribution in [-0.4, -0.2) is 43.9 Å². The normalized spacial score (nSPS) is 22.6. The summed E-state index contributed by atoms with van der Waals surface area (Å²) < 4.78 is 16.8. The van der Waals surface area contributed by atoms with Crippen molar-refractivity contribution in [3.05, 3.63) is 0 Å².